The molecule has 2 amide bonds. The van der Waals surface area contributed by atoms with E-state index in [2.05, 4.69) is 10.3 Å². The van der Waals surface area contributed by atoms with Crippen LogP contribution in [0.2, 0.25) is 0 Å². The molecule has 1 aromatic heterocycles. The number of ketones is 1. The first-order chi connectivity index (χ1) is 12.5. The lowest BCUT2D eigenvalue weighted by Crippen LogP contribution is -2.41. The van der Waals surface area contributed by atoms with Gasteiger partial charge in [0.05, 0.1) is 18.6 Å². The molecule has 0 aromatic carbocycles. The Morgan fingerprint density at radius 3 is 2.69 bits per heavy atom. The van der Waals surface area contributed by atoms with Gasteiger partial charge in [-0.15, -0.1) is 0 Å². The van der Waals surface area contributed by atoms with Gasteiger partial charge in [-0.05, 0) is 31.9 Å². The van der Waals surface area contributed by atoms with Crippen LogP contribution in [0.1, 0.15) is 43.2 Å². The molecular formula is C17H20N2O7. The first-order valence-electron chi connectivity index (χ1n) is 8.28. The molecule has 0 bridgehead atoms. The lowest BCUT2D eigenvalue weighted by Gasteiger charge is -2.12. The van der Waals surface area contributed by atoms with E-state index in [1.54, 1.807) is 6.92 Å². The molecule has 26 heavy (non-hydrogen) atoms. The largest absolute Gasteiger partial charge is 0.466 e. The number of hydrogen-bond donors (Lipinski definition) is 1. The minimum absolute atomic E-state index is 0.0183. The third-order valence-corrected chi connectivity index (χ3v) is 3.60. The third-order valence-electron chi connectivity index (χ3n) is 3.60. The van der Waals surface area contributed by atoms with Crippen molar-refractivity contribution in [1.82, 2.24) is 5.32 Å². The van der Waals surface area contributed by atoms with Crippen molar-refractivity contribution in [3.05, 3.63) is 24.2 Å². The molecule has 140 valence electrons. The van der Waals surface area contributed by atoms with E-state index < -0.39 is 18.0 Å². The number of rotatable bonds is 10. The second-order valence-electron chi connectivity index (χ2n) is 5.52. The van der Waals surface area contributed by atoms with Gasteiger partial charge in [-0.1, -0.05) is 0 Å². The van der Waals surface area contributed by atoms with Crippen LogP contribution in [0.25, 0.3) is 0 Å². The third kappa shape index (κ3) is 5.54. The smallest absolute Gasteiger partial charge is 0.374 e. The number of urea groups is 1. The van der Waals surface area contributed by atoms with Gasteiger partial charge in [0.25, 0.3) is 0 Å². The zero-order valence-corrected chi connectivity index (χ0v) is 14.4. The number of nitrogens with one attached hydrogen (secondary N) is 1. The van der Waals surface area contributed by atoms with Gasteiger partial charge in [-0.3, -0.25) is 9.59 Å². The number of carbonyl (C=O) groups excluding carboxylic acids is 4. The summed E-state index contributed by atoms with van der Waals surface area (Å²) < 4.78 is 14.7. The fourth-order valence-electron chi connectivity index (χ4n) is 2.37. The monoisotopic (exact) mass is 364 g/mol. The first-order valence-corrected chi connectivity index (χ1v) is 8.28. The molecule has 1 unspecified atom stereocenters. The van der Waals surface area contributed by atoms with Gasteiger partial charge >= 0.3 is 18.0 Å². The summed E-state index contributed by atoms with van der Waals surface area (Å²) in [5, 5.41) is 2.43. The lowest BCUT2D eigenvalue weighted by molar-refractivity contribution is -0.143. The molecule has 2 rings (SSSR count). The van der Waals surface area contributed by atoms with Crippen LogP contribution >= 0.6 is 0 Å². The average Bonchev–Trinajstić information content (AvgIpc) is 3.26. The van der Waals surface area contributed by atoms with Crippen molar-refractivity contribution in [3.63, 3.8) is 0 Å². The normalized spacial score (nSPS) is 16.0. The minimum atomic E-state index is -0.922. The maximum absolute atomic E-state index is 12.3. The summed E-state index contributed by atoms with van der Waals surface area (Å²) in [6.07, 6.45) is 2.71. The number of hydrogen-bond acceptors (Lipinski definition) is 7. The van der Waals surface area contributed by atoms with Gasteiger partial charge in [0, 0.05) is 12.8 Å². The van der Waals surface area contributed by atoms with E-state index in [-0.39, 0.29) is 42.7 Å². The van der Waals surface area contributed by atoms with Crippen molar-refractivity contribution >= 4 is 29.5 Å². The molecule has 0 saturated heterocycles. The predicted octanol–water partition coefficient (Wildman–Crippen LogP) is 1.66. The summed E-state index contributed by atoms with van der Waals surface area (Å²) in [5.74, 6) is -1.25. The lowest BCUT2D eigenvalue weighted by atomic mass is 10.0. The summed E-state index contributed by atoms with van der Waals surface area (Å²) in [6.45, 7) is 1.75. The van der Waals surface area contributed by atoms with Gasteiger partial charge in [0.1, 0.15) is 12.6 Å². The van der Waals surface area contributed by atoms with Crippen molar-refractivity contribution in [3.8, 4) is 0 Å². The molecule has 0 aliphatic carbocycles. The Morgan fingerprint density at radius 1 is 1.23 bits per heavy atom. The molecule has 0 radical (unpaired) electrons. The highest BCUT2D eigenvalue weighted by atomic mass is 16.5. The highest BCUT2D eigenvalue weighted by Gasteiger charge is 2.32. The Morgan fingerprint density at radius 2 is 2.00 bits per heavy atom. The fraction of sp³-hybridized carbons (Fsp3) is 0.471. The van der Waals surface area contributed by atoms with Crippen LogP contribution in [-0.2, 0) is 19.1 Å². The van der Waals surface area contributed by atoms with Crippen LogP contribution in [0, 0.1) is 0 Å². The molecule has 1 atom stereocenters. The molecule has 1 aromatic rings. The number of Topliss-reactive ketones (excluding diaryl/α,β-unsaturated/α-hetero) is 1. The summed E-state index contributed by atoms with van der Waals surface area (Å²) in [5.41, 5.74) is 0.144. The van der Waals surface area contributed by atoms with Crippen LogP contribution in [-0.4, -0.2) is 48.7 Å². The number of amides is 2. The van der Waals surface area contributed by atoms with Crippen molar-refractivity contribution in [1.29, 1.82) is 0 Å². The molecule has 0 spiro atoms. The van der Waals surface area contributed by atoms with Crippen LogP contribution in [0.3, 0.4) is 0 Å². The molecule has 9 nitrogen and oxygen atoms in total. The Balaban J connectivity index is 1.79. The van der Waals surface area contributed by atoms with Gasteiger partial charge < -0.3 is 19.2 Å². The van der Waals surface area contributed by atoms with E-state index in [0.717, 1.165) is 0 Å². The first kappa shape index (κ1) is 19.4. The number of aliphatic imine (C=N–C) groups is 1. The van der Waals surface area contributed by atoms with Crippen LogP contribution < -0.4 is 5.32 Å². The van der Waals surface area contributed by atoms with E-state index >= 15 is 0 Å². The molecule has 0 fully saturated rings. The number of unbranched alkanes of at least 4 members (excludes halogenated alkanes) is 1. The van der Waals surface area contributed by atoms with E-state index in [9.17, 15) is 19.2 Å². The van der Waals surface area contributed by atoms with Gasteiger partial charge in [-0.2, -0.15) is 4.99 Å². The zero-order valence-electron chi connectivity index (χ0n) is 14.4. The molecule has 0 saturated carbocycles. The molecule has 2 heterocycles. The maximum atomic E-state index is 12.3. The van der Waals surface area contributed by atoms with E-state index in [1.165, 1.54) is 18.4 Å². The fourth-order valence-corrected chi connectivity index (χ4v) is 2.37. The van der Waals surface area contributed by atoms with Gasteiger partial charge in [0.15, 0.2) is 5.78 Å². The van der Waals surface area contributed by atoms with E-state index in [4.69, 9.17) is 13.9 Å². The Kier molecular flexibility index (Phi) is 7.07. The number of carbonyl (C=O) groups is 4. The highest BCUT2D eigenvalue weighted by Crippen LogP contribution is 2.10. The van der Waals surface area contributed by atoms with Crippen LogP contribution in [0.4, 0.5) is 4.79 Å². The standard InChI is InChI=1S/C17H20N2O7/c1-2-24-14(21)8-4-3-6-12(20)15-11(18-17(23)19-15)10-26-16(22)13-7-5-9-25-13/h5,7,9,15H,2-4,6,8,10H2,1H3,(H,19,23). The van der Waals surface area contributed by atoms with Crippen molar-refractivity contribution < 1.29 is 33.1 Å². The number of nitrogens with zero attached hydrogens (tertiary/aromatic N) is 1. The van der Waals surface area contributed by atoms with Gasteiger partial charge in [0.2, 0.25) is 5.76 Å². The maximum Gasteiger partial charge on any atom is 0.374 e. The van der Waals surface area contributed by atoms with E-state index in [1.807, 2.05) is 0 Å². The Hall–Kier alpha value is -2.97. The zero-order chi connectivity index (χ0) is 18.9. The average molecular weight is 364 g/mol. The second kappa shape index (κ2) is 9.50. The number of esters is 2. The molecule has 1 aliphatic heterocycles. The molecule has 9 heteroatoms. The predicted molar refractivity (Wildman–Crippen MR) is 88.9 cm³/mol. The van der Waals surface area contributed by atoms with Crippen molar-refractivity contribution in [2.24, 2.45) is 4.99 Å². The molecular weight excluding hydrogens is 344 g/mol. The second-order valence-corrected chi connectivity index (χ2v) is 5.52. The molecule has 1 N–H and O–H groups in total. The SMILES string of the molecule is CCOC(=O)CCCCC(=O)C1NC(=O)N=C1COC(=O)c1ccco1. The summed E-state index contributed by atoms with van der Waals surface area (Å²) in [4.78, 5) is 50.4. The van der Waals surface area contributed by atoms with Crippen LogP contribution in [0.15, 0.2) is 27.8 Å². The summed E-state index contributed by atoms with van der Waals surface area (Å²) >= 11 is 0. The summed E-state index contributed by atoms with van der Waals surface area (Å²) in [6, 6.07) is 1.40. The Bertz CT molecular complexity index is 694. The van der Waals surface area contributed by atoms with E-state index in [0.29, 0.717) is 19.4 Å². The molecule has 1 aliphatic rings. The minimum Gasteiger partial charge on any atom is -0.466 e. The summed E-state index contributed by atoms with van der Waals surface area (Å²) in [7, 11) is 0. The van der Waals surface area contributed by atoms with Gasteiger partial charge in [-0.25, -0.2) is 9.59 Å². The Labute approximate surface area is 149 Å². The topological polar surface area (TPSA) is 124 Å². The quantitative estimate of drug-likeness (QED) is 0.494. The number of ether oxygens (including phenoxy) is 2. The van der Waals surface area contributed by atoms with Crippen LogP contribution in [0.5, 0.6) is 0 Å². The highest BCUT2D eigenvalue weighted by molar-refractivity contribution is 6.18. The van der Waals surface area contributed by atoms with Crippen molar-refractivity contribution in [2.75, 3.05) is 13.2 Å². The van der Waals surface area contributed by atoms with Crippen molar-refractivity contribution in [2.45, 2.75) is 38.6 Å². The number of furan rings is 1.